The lowest BCUT2D eigenvalue weighted by molar-refractivity contribution is -0.297. The lowest BCUT2D eigenvalue weighted by Gasteiger charge is -2.34. The van der Waals surface area contributed by atoms with E-state index in [1.54, 1.807) is 26.0 Å². The molecule has 0 heterocycles. The molecule has 0 aliphatic heterocycles. The molecule has 5 atom stereocenters. The van der Waals surface area contributed by atoms with Crippen molar-refractivity contribution in [2.45, 2.75) is 58.7 Å². The third-order valence-electron chi connectivity index (χ3n) is 5.98. The molecule has 0 bridgehead atoms. The maximum absolute atomic E-state index is 12.4. The first-order valence-corrected chi connectivity index (χ1v) is 9.75. The van der Waals surface area contributed by atoms with Crippen LogP contribution in [0.2, 0.25) is 0 Å². The van der Waals surface area contributed by atoms with Gasteiger partial charge in [-0.2, -0.15) is 0 Å². The van der Waals surface area contributed by atoms with Gasteiger partial charge in [-0.3, -0.25) is 14.8 Å². The van der Waals surface area contributed by atoms with Crippen LogP contribution in [-0.4, -0.2) is 39.9 Å². The second kappa shape index (κ2) is 8.72. The van der Waals surface area contributed by atoms with Crippen molar-refractivity contribution in [1.82, 2.24) is 0 Å². The predicted molar refractivity (Wildman–Crippen MR) is 105 cm³/mol. The zero-order valence-electron chi connectivity index (χ0n) is 17.3. The highest BCUT2D eigenvalue weighted by Gasteiger charge is 2.53. The van der Waals surface area contributed by atoms with E-state index in [2.05, 4.69) is 4.89 Å². The van der Waals surface area contributed by atoms with E-state index in [9.17, 15) is 14.7 Å². The number of rotatable bonds is 7. The number of carbonyl (C=O) groups is 2. The summed E-state index contributed by atoms with van der Waals surface area (Å²) >= 11 is 0. The molecule has 2 N–H and O–H groups in total. The maximum Gasteiger partial charge on any atom is 0.302 e. The number of allylic oxidation sites excluding steroid dienone is 5. The van der Waals surface area contributed by atoms with Gasteiger partial charge in [-0.25, -0.2) is 4.89 Å². The molecule has 2 rings (SSSR count). The van der Waals surface area contributed by atoms with Crippen LogP contribution in [0.4, 0.5) is 0 Å². The molecular weight excluding hydrogens is 360 g/mol. The van der Waals surface area contributed by atoms with Gasteiger partial charge in [-0.05, 0) is 51.5 Å². The highest BCUT2D eigenvalue weighted by Crippen LogP contribution is 2.50. The molecule has 0 spiro atoms. The van der Waals surface area contributed by atoms with Crippen LogP contribution in [0, 0.1) is 23.7 Å². The maximum atomic E-state index is 12.4. The van der Waals surface area contributed by atoms with Gasteiger partial charge in [0, 0.05) is 18.8 Å². The van der Waals surface area contributed by atoms with Gasteiger partial charge in [0.15, 0.2) is 5.78 Å². The molecule has 156 valence electrons. The van der Waals surface area contributed by atoms with Crippen LogP contribution in [0.15, 0.2) is 36.0 Å². The van der Waals surface area contributed by atoms with Gasteiger partial charge in [0.2, 0.25) is 0 Å². The van der Waals surface area contributed by atoms with Crippen LogP contribution in [0.3, 0.4) is 0 Å². The highest BCUT2D eigenvalue weighted by atomic mass is 17.1. The second-order valence-electron chi connectivity index (χ2n) is 8.74. The van der Waals surface area contributed by atoms with Crippen molar-refractivity contribution in [1.29, 1.82) is 0 Å². The van der Waals surface area contributed by atoms with Crippen LogP contribution in [0.25, 0.3) is 0 Å². The van der Waals surface area contributed by atoms with Gasteiger partial charge in [-0.15, -0.1) is 0 Å². The molecule has 28 heavy (non-hydrogen) atoms. The Morgan fingerprint density at radius 2 is 2.07 bits per heavy atom. The summed E-state index contributed by atoms with van der Waals surface area (Å²) in [5, 5.41) is 20.2. The third kappa shape index (κ3) is 5.19. The molecule has 6 heteroatoms. The van der Waals surface area contributed by atoms with Crippen LogP contribution >= 0.6 is 0 Å². The van der Waals surface area contributed by atoms with E-state index in [0.717, 1.165) is 5.57 Å². The Morgan fingerprint density at radius 1 is 1.39 bits per heavy atom. The fourth-order valence-corrected chi connectivity index (χ4v) is 4.31. The van der Waals surface area contributed by atoms with Crippen LogP contribution < -0.4 is 0 Å². The van der Waals surface area contributed by atoms with Crippen molar-refractivity contribution < 1.29 is 29.6 Å². The minimum atomic E-state index is -1.23. The summed E-state index contributed by atoms with van der Waals surface area (Å²) in [7, 11) is 0. The SMILES string of the molecule is CC(=O)OCC1(O)CC(C(C)=CC=CC(C)(C)OO)CC1C1C(=O)C=CC1C. The summed E-state index contributed by atoms with van der Waals surface area (Å²) in [6.45, 7) is 8.64. The minimum absolute atomic E-state index is 0.0303. The van der Waals surface area contributed by atoms with Crippen molar-refractivity contribution >= 4 is 11.8 Å². The van der Waals surface area contributed by atoms with Crippen LogP contribution in [0.1, 0.15) is 47.5 Å². The summed E-state index contributed by atoms with van der Waals surface area (Å²) in [6.07, 6.45) is 10.0. The molecule has 1 saturated carbocycles. The molecule has 2 aliphatic carbocycles. The number of carbonyl (C=O) groups excluding carboxylic acids is 2. The molecule has 0 aromatic heterocycles. The van der Waals surface area contributed by atoms with E-state index in [-0.39, 0.29) is 36.1 Å². The van der Waals surface area contributed by atoms with Gasteiger partial charge in [0.1, 0.15) is 17.8 Å². The van der Waals surface area contributed by atoms with Crippen molar-refractivity contribution in [2.24, 2.45) is 23.7 Å². The number of hydrogen-bond donors (Lipinski definition) is 2. The number of hydrogen-bond acceptors (Lipinski definition) is 6. The van der Waals surface area contributed by atoms with Crippen molar-refractivity contribution in [3.05, 3.63) is 36.0 Å². The lowest BCUT2D eigenvalue weighted by Crippen LogP contribution is -2.44. The summed E-state index contributed by atoms with van der Waals surface area (Å²) in [4.78, 5) is 28.1. The van der Waals surface area contributed by atoms with Crippen molar-refractivity contribution in [2.75, 3.05) is 6.61 Å². The molecule has 0 saturated heterocycles. The van der Waals surface area contributed by atoms with E-state index in [0.29, 0.717) is 12.8 Å². The van der Waals surface area contributed by atoms with Crippen molar-refractivity contribution in [3.63, 3.8) is 0 Å². The van der Waals surface area contributed by atoms with Gasteiger partial charge in [0.05, 0.1) is 0 Å². The molecule has 1 fully saturated rings. The van der Waals surface area contributed by atoms with E-state index >= 15 is 0 Å². The number of ketones is 1. The van der Waals surface area contributed by atoms with Crippen molar-refractivity contribution in [3.8, 4) is 0 Å². The van der Waals surface area contributed by atoms with Gasteiger partial charge in [0.25, 0.3) is 0 Å². The molecule has 2 aliphatic rings. The first kappa shape index (κ1) is 22.5. The normalized spacial score (nSPS) is 33.8. The first-order valence-electron chi connectivity index (χ1n) is 9.75. The van der Waals surface area contributed by atoms with Gasteiger partial charge >= 0.3 is 5.97 Å². The molecule has 0 radical (unpaired) electrons. The number of esters is 1. The van der Waals surface area contributed by atoms with Crippen LogP contribution in [0.5, 0.6) is 0 Å². The topological polar surface area (TPSA) is 93.1 Å². The minimum Gasteiger partial charge on any atom is -0.463 e. The highest BCUT2D eigenvalue weighted by molar-refractivity contribution is 5.94. The van der Waals surface area contributed by atoms with Crippen LogP contribution in [-0.2, 0) is 19.2 Å². The fourth-order valence-electron chi connectivity index (χ4n) is 4.31. The largest absolute Gasteiger partial charge is 0.463 e. The second-order valence-corrected chi connectivity index (χ2v) is 8.74. The molecule has 0 aromatic rings. The van der Waals surface area contributed by atoms with E-state index in [4.69, 9.17) is 9.99 Å². The average molecular weight is 392 g/mol. The van der Waals surface area contributed by atoms with E-state index in [1.807, 2.05) is 32.1 Å². The Hall–Kier alpha value is -1.76. The van der Waals surface area contributed by atoms with E-state index in [1.165, 1.54) is 6.92 Å². The predicted octanol–water partition coefficient (Wildman–Crippen LogP) is 3.47. The third-order valence-corrected chi connectivity index (χ3v) is 5.98. The van der Waals surface area contributed by atoms with E-state index < -0.39 is 17.2 Å². The summed E-state index contributed by atoms with van der Waals surface area (Å²) in [6, 6.07) is 0. The quantitative estimate of drug-likeness (QED) is 0.298. The van der Waals surface area contributed by atoms with Gasteiger partial charge in [-0.1, -0.05) is 36.8 Å². The Kier molecular flexibility index (Phi) is 7.02. The Balaban J connectivity index is 2.22. The zero-order valence-corrected chi connectivity index (χ0v) is 17.3. The smallest absolute Gasteiger partial charge is 0.302 e. The lowest BCUT2D eigenvalue weighted by atomic mass is 9.75. The molecule has 6 nitrogen and oxygen atoms in total. The standard InChI is InChI=1S/C22H32O6/c1-14(7-6-10-21(4,5)28-26)17-11-18(20-15(2)8-9-19(20)24)22(25,12-17)13-27-16(3)23/h6-10,15,17-18,20,25-26H,11-13H2,1-5H3. The Bertz CT molecular complexity index is 689. The summed E-state index contributed by atoms with van der Waals surface area (Å²) in [5.74, 6) is -0.876. The monoisotopic (exact) mass is 392 g/mol. The number of ether oxygens (including phenoxy) is 1. The molecule has 0 aromatic carbocycles. The molecule has 5 unspecified atom stereocenters. The first-order chi connectivity index (χ1) is 13.0. The molecular formula is C22H32O6. The Morgan fingerprint density at radius 3 is 2.61 bits per heavy atom. The molecule has 0 amide bonds. The summed E-state index contributed by atoms with van der Waals surface area (Å²) < 4.78 is 5.16. The summed E-state index contributed by atoms with van der Waals surface area (Å²) in [5.41, 5.74) is -0.967. The Labute approximate surface area is 166 Å². The average Bonchev–Trinajstić information content (AvgIpc) is 3.12. The number of aliphatic hydroxyl groups is 1. The van der Waals surface area contributed by atoms with Gasteiger partial charge < -0.3 is 9.84 Å². The zero-order chi connectivity index (χ0) is 21.1. The fraction of sp³-hybridized carbons (Fsp3) is 0.636.